The summed E-state index contributed by atoms with van der Waals surface area (Å²) in [7, 11) is 3.57. The number of nitrogens with one attached hydrogen (secondary N) is 1. The highest BCUT2D eigenvalue weighted by molar-refractivity contribution is 5.86. The average Bonchev–Trinajstić information content (AvgIpc) is 2.97. The number of amides is 2. The molecule has 2 fully saturated rings. The van der Waals surface area contributed by atoms with Crippen molar-refractivity contribution < 1.29 is 18.8 Å². The van der Waals surface area contributed by atoms with E-state index in [9.17, 15) is 9.59 Å². The fourth-order valence-corrected chi connectivity index (χ4v) is 4.51. The molecule has 0 unspecified atom stereocenters. The van der Waals surface area contributed by atoms with Gasteiger partial charge in [-0.3, -0.25) is 9.59 Å². The molecule has 0 radical (unpaired) electrons. The first kappa shape index (κ1) is 19.8. The van der Waals surface area contributed by atoms with Crippen LogP contribution in [0.3, 0.4) is 0 Å². The lowest BCUT2D eigenvalue weighted by Gasteiger charge is -2.53. The van der Waals surface area contributed by atoms with Gasteiger partial charge in [-0.15, -0.1) is 0 Å². The number of aryl methyl sites for hydroxylation is 2. The Labute approximate surface area is 160 Å². The molecule has 0 aromatic carbocycles. The lowest BCUT2D eigenvalue weighted by molar-refractivity contribution is -0.156. The van der Waals surface area contributed by atoms with Crippen LogP contribution in [0.15, 0.2) is 4.52 Å². The van der Waals surface area contributed by atoms with E-state index >= 15 is 0 Å². The topological polar surface area (TPSA) is 87.9 Å². The summed E-state index contributed by atoms with van der Waals surface area (Å²) in [5.41, 5.74) is 1.17. The van der Waals surface area contributed by atoms with Crippen molar-refractivity contribution in [3.63, 3.8) is 0 Å². The third-order valence-corrected chi connectivity index (χ3v) is 6.11. The van der Waals surface area contributed by atoms with Crippen LogP contribution in [0.2, 0.25) is 0 Å². The molecule has 2 aliphatic rings. The molecule has 2 aliphatic heterocycles. The van der Waals surface area contributed by atoms with Gasteiger partial charge in [-0.05, 0) is 46.7 Å². The summed E-state index contributed by atoms with van der Waals surface area (Å²) in [5.74, 6) is 0.710. The second-order valence-electron chi connectivity index (χ2n) is 7.79. The molecule has 27 heavy (non-hydrogen) atoms. The zero-order chi connectivity index (χ0) is 19.6. The zero-order valence-electron chi connectivity index (χ0n) is 16.7. The van der Waals surface area contributed by atoms with Crippen LogP contribution in [-0.2, 0) is 20.9 Å². The standard InChI is InChI=1S/C19H30N4O4/c1-13-15(14(2)27-21-13)10-20-18(25)19-6-5-8-23(17(24)12-26-4)16(19)11-22(3)9-7-19/h16H,5-12H2,1-4H3,(H,20,25)/t16-,19-/m1/s1. The van der Waals surface area contributed by atoms with E-state index in [2.05, 4.69) is 15.4 Å². The van der Waals surface area contributed by atoms with Gasteiger partial charge in [-0.1, -0.05) is 5.16 Å². The van der Waals surface area contributed by atoms with Crippen molar-refractivity contribution in [2.45, 2.75) is 45.7 Å². The van der Waals surface area contributed by atoms with E-state index in [-0.39, 0.29) is 24.5 Å². The summed E-state index contributed by atoms with van der Waals surface area (Å²) in [4.78, 5) is 30.0. The number of nitrogens with zero attached hydrogens (tertiary/aromatic N) is 3. The molecular weight excluding hydrogens is 348 g/mol. The van der Waals surface area contributed by atoms with E-state index < -0.39 is 5.41 Å². The van der Waals surface area contributed by atoms with Crippen molar-refractivity contribution >= 4 is 11.8 Å². The number of methoxy groups -OCH3 is 1. The maximum absolute atomic E-state index is 13.4. The van der Waals surface area contributed by atoms with Crippen LogP contribution in [0.5, 0.6) is 0 Å². The number of hydrogen-bond donors (Lipinski definition) is 1. The first-order valence-electron chi connectivity index (χ1n) is 9.56. The van der Waals surface area contributed by atoms with Crippen LogP contribution in [0.25, 0.3) is 0 Å². The summed E-state index contributed by atoms with van der Waals surface area (Å²) < 4.78 is 10.2. The molecule has 2 saturated heterocycles. The van der Waals surface area contributed by atoms with Crippen LogP contribution < -0.4 is 5.32 Å². The molecule has 0 spiro atoms. The monoisotopic (exact) mass is 378 g/mol. The third-order valence-electron chi connectivity index (χ3n) is 6.11. The Bertz CT molecular complexity index is 684. The Morgan fingerprint density at radius 2 is 2.11 bits per heavy atom. The Balaban J connectivity index is 1.80. The Kier molecular flexibility index (Phi) is 5.86. The number of carbonyl (C=O) groups is 2. The van der Waals surface area contributed by atoms with E-state index in [0.29, 0.717) is 19.6 Å². The predicted molar refractivity (Wildman–Crippen MR) is 99.0 cm³/mol. The van der Waals surface area contributed by atoms with Crippen LogP contribution in [-0.4, -0.2) is 73.2 Å². The number of ether oxygens (including phenoxy) is 1. The Hall–Kier alpha value is -1.93. The van der Waals surface area contributed by atoms with Gasteiger partial charge in [-0.25, -0.2) is 0 Å². The number of carbonyl (C=O) groups excluding carboxylic acids is 2. The third kappa shape index (κ3) is 3.73. The van der Waals surface area contributed by atoms with Crippen molar-refractivity contribution in [3.8, 4) is 0 Å². The van der Waals surface area contributed by atoms with Crippen molar-refractivity contribution in [2.75, 3.05) is 40.4 Å². The highest BCUT2D eigenvalue weighted by Gasteiger charge is 2.53. The molecule has 2 atom stereocenters. The molecule has 8 nitrogen and oxygen atoms in total. The molecule has 150 valence electrons. The molecule has 1 aromatic rings. The van der Waals surface area contributed by atoms with E-state index in [1.54, 1.807) is 0 Å². The molecule has 1 N–H and O–H groups in total. The first-order valence-corrected chi connectivity index (χ1v) is 9.56. The fourth-order valence-electron chi connectivity index (χ4n) is 4.51. The van der Waals surface area contributed by atoms with E-state index in [1.165, 1.54) is 7.11 Å². The SMILES string of the molecule is COCC(=O)N1CCC[C@@]2(C(=O)NCc3c(C)noc3C)CCN(C)C[C@@H]12. The largest absolute Gasteiger partial charge is 0.375 e. The Morgan fingerprint density at radius 3 is 2.78 bits per heavy atom. The minimum Gasteiger partial charge on any atom is -0.375 e. The molecule has 0 bridgehead atoms. The van der Waals surface area contributed by atoms with Crippen LogP contribution in [0.4, 0.5) is 0 Å². The van der Waals surface area contributed by atoms with Gasteiger partial charge in [-0.2, -0.15) is 0 Å². The van der Waals surface area contributed by atoms with E-state index in [1.807, 2.05) is 25.8 Å². The second-order valence-corrected chi connectivity index (χ2v) is 7.79. The van der Waals surface area contributed by atoms with Gasteiger partial charge in [0.15, 0.2) is 0 Å². The minimum absolute atomic E-state index is 0.0236. The molecule has 3 rings (SSSR count). The summed E-state index contributed by atoms with van der Waals surface area (Å²) >= 11 is 0. The number of hydrogen-bond acceptors (Lipinski definition) is 6. The molecule has 8 heteroatoms. The van der Waals surface area contributed by atoms with Gasteiger partial charge in [0.2, 0.25) is 11.8 Å². The van der Waals surface area contributed by atoms with E-state index in [0.717, 1.165) is 42.8 Å². The van der Waals surface area contributed by atoms with Gasteiger partial charge >= 0.3 is 0 Å². The maximum atomic E-state index is 13.4. The highest BCUT2D eigenvalue weighted by Crippen LogP contribution is 2.42. The molecular formula is C19H30N4O4. The quantitative estimate of drug-likeness (QED) is 0.818. The van der Waals surface area contributed by atoms with Gasteiger partial charge < -0.3 is 24.4 Å². The Morgan fingerprint density at radius 1 is 1.33 bits per heavy atom. The number of likely N-dealkylation sites (tertiary alicyclic amines) is 2. The fraction of sp³-hybridized carbons (Fsp3) is 0.737. The summed E-state index contributed by atoms with van der Waals surface area (Å²) in [6.07, 6.45) is 2.38. The highest BCUT2D eigenvalue weighted by atomic mass is 16.5. The molecule has 2 amide bonds. The lowest BCUT2D eigenvalue weighted by atomic mass is 9.67. The van der Waals surface area contributed by atoms with Crippen LogP contribution in [0, 0.1) is 19.3 Å². The van der Waals surface area contributed by atoms with Crippen molar-refractivity contribution in [3.05, 3.63) is 17.0 Å². The molecule has 0 aliphatic carbocycles. The minimum atomic E-state index is -0.548. The van der Waals surface area contributed by atoms with Gasteiger partial charge in [0.25, 0.3) is 0 Å². The summed E-state index contributed by atoms with van der Waals surface area (Å²) in [5, 5.41) is 7.06. The predicted octanol–water partition coefficient (Wildman–Crippen LogP) is 0.867. The van der Waals surface area contributed by atoms with Crippen molar-refractivity contribution in [2.24, 2.45) is 5.41 Å². The first-order chi connectivity index (χ1) is 12.9. The maximum Gasteiger partial charge on any atom is 0.248 e. The number of likely N-dealkylation sites (N-methyl/N-ethyl adjacent to an activating group) is 1. The number of fused-ring (bicyclic) bond motifs is 1. The smallest absolute Gasteiger partial charge is 0.248 e. The number of rotatable bonds is 5. The number of aromatic nitrogens is 1. The summed E-state index contributed by atoms with van der Waals surface area (Å²) in [6, 6.07) is -0.127. The van der Waals surface area contributed by atoms with Gasteiger partial charge in [0.05, 0.1) is 17.2 Å². The second kappa shape index (κ2) is 7.98. The molecule has 0 saturated carbocycles. The van der Waals surface area contributed by atoms with Crippen molar-refractivity contribution in [1.82, 2.24) is 20.3 Å². The lowest BCUT2D eigenvalue weighted by Crippen LogP contribution is -2.66. The summed E-state index contributed by atoms with van der Waals surface area (Å²) in [6.45, 7) is 6.41. The van der Waals surface area contributed by atoms with Crippen molar-refractivity contribution in [1.29, 1.82) is 0 Å². The zero-order valence-corrected chi connectivity index (χ0v) is 16.7. The average molecular weight is 378 g/mol. The molecule has 1 aromatic heterocycles. The van der Waals surface area contributed by atoms with Crippen LogP contribution in [0.1, 0.15) is 36.3 Å². The van der Waals surface area contributed by atoms with Crippen LogP contribution >= 0.6 is 0 Å². The van der Waals surface area contributed by atoms with E-state index in [4.69, 9.17) is 9.26 Å². The van der Waals surface area contributed by atoms with Gasteiger partial charge in [0.1, 0.15) is 12.4 Å². The normalized spacial score (nSPS) is 25.9. The number of piperidine rings is 2. The molecule has 3 heterocycles. The van der Waals surface area contributed by atoms with Gasteiger partial charge in [0, 0.05) is 32.3 Å².